The maximum Gasteiger partial charge on any atom is 0.222 e. The van der Waals surface area contributed by atoms with Crippen molar-refractivity contribution >= 4 is 5.91 Å². The summed E-state index contributed by atoms with van der Waals surface area (Å²) in [5.41, 5.74) is 0. The summed E-state index contributed by atoms with van der Waals surface area (Å²) in [6.07, 6.45) is 8.11. The van der Waals surface area contributed by atoms with Crippen molar-refractivity contribution in [1.82, 2.24) is 4.90 Å². The van der Waals surface area contributed by atoms with E-state index in [1.165, 1.54) is 25.7 Å². The number of rotatable bonds is 4. The molecule has 3 heteroatoms. The highest BCUT2D eigenvalue weighted by Crippen LogP contribution is 2.21. The van der Waals surface area contributed by atoms with E-state index < -0.39 is 0 Å². The van der Waals surface area contributed by atoms with E-state index in [1.807, 2.05) is 11.9 Å². The van der Waals surface area contributed by atoms with Crippen LogP contribution in [0.5, 0.6) is 0 Å². The van der Waals surface area contributed by atoms with Gasteiger partial charge in [0.25, 0.3) is 0 Å². The van der Waals surface area contributed by atoms with Crippen LogP contribution < -0.4 is 0 Å². The second kappa shape index (κ2) is 6.89. The molecule has 1 atom stereocenters. The summed E-state index contributed by atoms with van der Waals surface area (Å²) in [5, 5.41) is 9.17. The Hall–Kier alpha value is -0.570. The van der Waals surface area contributed by atoms with Crippen molar-refractivity contribution in [3.63, 3.8) is 0 Å². The lowest BCUT2D eigenvalue weighted by Crippen LogP contribution is -2.36. The average molecular weight is 227 g/mol. The van der Waals surface area contributed by atoms with Crippen LogP contribution in [0, 0.1) is 0 Å². The maximum absolute atomic E-state index is 11.9. The van der Waals surface area contributed by atoms with E-state index in [2.05, 4.69) is 0 Å². The van der Waals surface area contributed by atoms with Gasteiger partial charge in [-0.15, -0.1) is 0 Å². The molecule has 0 radical (unpaired) electrons. The second-order valence-corrected chi connectivity index (χ2v) is 5.04. The molecule has 0 aromatic rings. The molecular weight excluding hydrogens is 202 g/mol. The molecule has 3 nitrogen and oxygen atoms in total. The third kappa shape index (κ3) is 4.52. The predicted molar refractivity (Wildman–Crippen MR) is 65.2 cm³/mol. The number of aliphatic hydroxyl groups excluding tert-OH is 1. The van der Waals surface area contributed by atoms with Crippen LogP contribution in [-0.4, -0.2) is 35.1 Å². The van der Waals surface area contributed by atoms with Crippen LogP contribution >= 0.6 is 0 Å². The minimum atomic E-state index is -0.369. The van der Waals surface area contributed by atoms with Gasteiger partial charge in [-0.2, -0.15) is 0 Å². The zero-order chi connectivity index (χ0) is 12.0. The van der Waals surface area contributed by atoms with Crippen LogP contribution in [-0.2, 0) is 4.79 Å². The van der Waals surface area contributed by atoms with Crippen molar-refractivity contribution in [2.24, 2.45) is 0 Å². The minimum Gasteiger partial charge on any atom is -0.393 e. The van der Waals surface area contributed by atoms with Crippen molar-refractivity contribution in [2.45, 2.75) is 70.4 Å². The number of carbonyl (C=O) groups is 1. The molecule has 0 saturated heterocycles. The fourth-order valence-electron chi connectivity index (χ4n) is 2.36. The number of hydrogen-bond donors (Lipinski definition) is 1. The number of aliphatic hydroxyl groups is 1. The number of amides is 1. The summed E-state index contributed by atoms with van der Waals surface area (Å²) in [7, 11) is 1.92. The smallest absolute Gasteiger partial charge is 0.222 e. The monoisotopic (exact) mass is 227 g/mol. The molecule has 1 unspecified atom stereocenters. The molecule has 1 amide bonds. The van der Waals surface area contributed by atoms with Gasteiger partial charge in [-0.1, -0.05) is 25.7 Å². The standard InChI is InChI=1S/C13H25NO2/c1-11(15)9-10-13(16)14(2)12-7-5-3-4-6-8-12/h11-12,15H,3-10H2,1-2H3. The molecule has 1 fully saturated rings. The van der Waals surface area contributed by atoms with Gasteiger partial charge >= 0.3 is 0 Å². The quantitative estimate of drug-likeness (QED) is 0.749. The van der Waals surface area contributed by atoms with Crippen molar-refractivity contribution in [3.8, 4) is 0 Å². The van der Waals surface area contributed by atoms with Gasteiger partial charge in [0.1, 0.15) is 0 Å². The molecule has 1 N–H and O–H groups in total. The summed E-state index contributed by atoms with van der Waals surface area (Å²) in [6.45, 7) is 1.74. The molecule has 94 valence electrons. The van der Waals surface area contributed by atoms with Crippen LogP contribution in [0.4, 0.5) is 0 Å². The topological polar surface area (TPSA) is 40.5 Å². The molecule has 0 aromatic heterocycles. The highest BCUT2D eigenvalue weighted by atomic mass is 16.3. The van der Waals surface area contributed by atoms with Gasteiger partial charge in [-0.3, -0.25) is 4.79 Å². The largest absolute Gasteiger partial charge is 0.393 e. The highest BCUT2D eigenvalue weighted by molar-refractivity contribution is 5.76. The molecule has 0 aromatic carbocycles. The first-order chi connectivity index (χ1) is 7.61. The van der Waals surface area contributed by atoms with Gasteiger partial charge in [0.15, 0.2) is 0 Å². The van der Waals surface area contributed by atoms with E-state index in [4.69, 9.17) is 5.11 Å². The van der Waals surface area contributed by atoms with Crippen LogP contribution in [0.25, 0.3) is 0 Å². The predicted octanol–water partition coefficient (Wildman–Crippen LogP) is 2.33. The lowest BCUT2D eigenvalue weighted by atomic mass is 10.1. The van der Waals surface area contributed by atoms with E-state index in [0.29, 0.717) is 18.9 Å². The van der Waals surface area contributed by atoms with E-state index >= 15 is 0 Å². The second-order valence-electron chi connectivity index (χ2n) is 5.04. The number of carbonyl (C=O) groups excluding carboxylic acids is 1. The van der Waals surface area contributed by atoms with Crippen molar-refractivity contribution in [1.29, 1.82) is 0 Å². The van der Waals surface area contributed by atoms with Gasteiger partial charge in [-0.25, -0.2) is 0 Å². The fraction of sp³-hybridized carbons (Fsp3) is 0.923. The van der Waals surface area contributed by atoms with E-state index in [0.717, 1.165) is 12.8 Å². The Morgan fingerprint density at radius 3 is 2.38 bits per heavy atom. The molecular formula is C13H25NO2. The number of nitrogens with zero attached hydrogens (tertiary/aromatic N) is 1. The molecule has 1 saturated carbocycles. The molecule has 1 aliphatic rings. The summed E-state index contributed by atoms with van der Waals surface area (Å²) in [4.78, 5) is 13.8. The van der Waals surface area contributed by atoms with Gasteiger partial charge in [-0.05, 0) is 26.2 Å². The summed E-state index contributed by atoms with van der Waals surface area (Å²) < 4.78 is 0. The SMILES string of the molecule is CC(O)CCC(=O)N(C)C1CCCCCC1. The first-order valence-electron chi connectivity index (χ1n) is 6.55. The molecule has 0 bridgehead atoms. The van der Waals surface area contributed by atoms with Crippen LogP contribution in [0.2, 0.25) is 0 Å². The Kier molecular flexibility index (Phi) is 5.81. The normalized spacial score (nSPS) is 20.2. The molecule has 0 heterocycles. The Bertz CT molecular complexity index is 208. The van der Waals surface area contributed by atoms with Gasteiger partial charge in [0.05, 0.1) is 6.10 Å². The van der Waals surface area contributed by atoms with E-state index in [-0.39, 0.29) is 12.0 Å². The Morgan fingerprint density at radius 1 is 1.31 bits per heavy atom. The molecule has 1 aliphatic carbocycles. The lowest BCUT2D eigenvalue weighted by Gasteiger charge is -2.27. The zero-order valence-electron chi connectivity index (χ0n) is 10.6. The Labute approximate surface area is 98.8 Å². The van der Waals surface area contributed by atoms with Gasteiger partial charge < -0.3 is 10.0 Å². The fourth-order valence-corrected chi connectivity index (χ4v) is 2.36. The molecule has 0 spiro atoms. The maximum atomic E-state index is 11.9. The van der Waals surface area contributed by atoms with Crippen LogP contribution in [0.15, 0.2) is 0 Å². The molecule has 0 aliphatic heterocycles. The average Bonchev–Trinajstić information content (AvgIpc) is 2.53. The van der Waals surface area contributed by atoms with E-state index in [1.54, 1.807) is 6.92 Å². The van der Waals surface area contributed by atoms with Crippen molar-refractivity contribution in [3.05, 3.63) is 0 Å². The first kappa shape index (κ1) is 13.5. The number of hydrogen-bond acceptors (Lipinski definition) is 2. The van der Waals surface area contributed by atoms with Crippen molar-refractivity contribution < 1.29 is 9.90 Å². The van der Waals surface area contributed by atoms with E-state index in [9.17, 15) is 4.79 Å². The highest BCUT2D eigenvalue weighted by Gasteiger charge is 2.20. The molecule has 1 rings (SSSR count). The van der Waals surface area contributed by atoms with Gasteiger partial charge in [0, 0.05) is 19.5 Å². The minimum absolute atomic E-state index is 0.188. The van der Waals surface area contributed by atoms with Gasteiger partial charge in [0.2, 0.25) is 5.91 Å². The Morgan fingerprint density at radius 2 is 1.88 bits per heavy atom. The zero-order valence-corrected chi connectivity index (χ0v) is 10.6. The summed E-state index contributed by atoms with van der Waals surface area (Å²) in [5.74, 6) is 0.188. The van der Waals surface area contributed by atoms with Crippen molar-refractivity contribution in [2.75, 3.05) is 7.05 Å². The first-order valence-corrected chi connectivity index (χ1v) is 6.55. The third-order valence-electron chi connectivity index (χ3n) is 3.54. The molecule has 16 heavy (non-hydrogen) atoms. The lowest BCUT2D eigenvalue weighted by molar-refractivity contribution is -0.132. The third-order valence-corrected chi connectivity index (χ3v) is 3.54. The summed E-state index contributed by atoms with van der Waals surface area (Å²) in [6, 6.07) is 0.434. The van der Waals surface area contributed by atoms with Crippen LogP contribution in [0.1, 0.15) is 58.3 Å². The summed E-state index contributed by atoms with van der Waals surface area (Å²) >= 11 is 0. The van der Waals surface area contributed by atoms with Crippen LogP contribution in [0.3, 0.4) is 0 Å². The Balaban J connectivity index is 2.35.